The van der Waals surface area contributed by atoms with Gasteiger partial charge < -0.3 is 24.7 Å². The van der Waals surface area contributed by atoms with Gasteiger partial charge in [0.15, 0.2) is 0 Å². The molecule has 2 atom stereocenters. The molecular formula is C33H32N4O4. The molecular weight excluding hydrogens is 516 g/mol. The van der Waals surface area contributed by atoms with Crippen LogP contribution in [0.15, 0.2) is 116 Å². The van der Waals surface area contributed by atoms with E-state index < -0.39 is 18.1 Å². The van der Waals surface area contributed by atoms with Gasteiger partial charge >= 0.3 is 5.97 Å². The maximum atomic E-state index is 13.3. The van der Waals surface area contributed by atoms with Crippen LogP contribution in [0.2, 0.25) is 0 Å². The van der Waals surface area contributed by atoms with Crippen molar-refractivity contribution in [2.45, 2.75) is 31.5 Å². The standard InChI is InChI=1S/C33H32N4O4/c38-21-30(17-29-19-34-23-35-29)36-32(39)18-31(33(40)41-22-24-7-3-1-4-8-24)37-16-15-28(20-37)27-13-11-26(12-14-27)25-9-5-2-6-10-25/h1-16,19-20,23,30-31,38H,17-18,21-22H2,(H,34,35)(H,36,39)/t30?,31-/m1/s1. The summed E-state index contributed by atoms with van der Waals surface area (Å²) in [7, 11) is 0. The Labute approximate surface area is 238 Å². The van der Waals surface area contributed by atoms with E-state index in [2.05, 4.69) is 39.6 Å². The maximum absolute atomic E-state index is 13.3. The van der Waals surface area contributed by atoms with E-state index in [1.54, 1.807) is 23.3 Å². The number of rotatable bonds is 12. The van der Waals surface area contributed by atoms with Crippen LogP contribution in [-0.4, -0.2) is 44.2 Å². The molecule has 0 saturated carbocycles. The van der Waals surface area contributed by atoms with Crippen LogP contribution >= 0.6 is 0 Å². The van der Waals surface area contributed by atoms with Gasteiger partial charge in [-0.25, -0.2) is 9.78 Å². The van der Waals surface area contributed by atoms with Crippen LogP contribution in [0.1, 0.15) is 23.7 Å². The zero-order valence-electron chi connectivity index (χ0n) is 22.5. The van der Waals surface area contributed by atoms with Crippen LogP contribution < -0.4 is 5.32 Å². The highest BCUT2D eigenvalue weighted by Gasteiger charge is 2.27. The number of aromatic amines is 1. The lowest BCUT2D eigenvalue weighted by Crippen LogP contribution is -2.40. The maximum Gasteiger partial charge on any atom is 0.329 e. The topological polar surface area (TPSA) is 109 Å². The molecule has 1 unspecified atom stereocenters. The molecule has 41 heavy (non-hydrogen) atoms. The van der Waals surface area contributed by atoms with E-state index in [1.807, 2.05) is 72.9 Å². The quantitative estimate of drug-likeness (QED) is 0.191. The first-order valence-corrected chi connectivity index (χ1v) is 13.5. The lowest BCUT2D eigenvalue weighted by Gasteiger charge is -2.20. The molecule has 3 N–H and O–H groups in total. The van der Waals surface area contributed by atoms with Gasteiger partial charge in [0, 0.05) is 30.7 Å². The SMILES string of the molecule is O=C(C[C@H](C(=O)OCc1ccccc1)n1ccc(-c2ccc(-c3ccccc3)cc2)c1)NC(CO)Cc1cnc[nH]1. The highest BCUT2D eigenvalue weighted by molar-refractivity contribution is 5.84. The summed E-state index contributed by atoms with van der Waals surface area (Å²) in [6.07, 6.45) is 7.07. The van der Waals surface area contributed by atoms with Gasteiger partial charge in [0.25, 0.3) is 0 Å². The number of nitrogens with zero attached hydrogens (tertiary/aromatic N) is 2. The highest BCUT2D eigenvalue weighted by Crippen LogP contribution is 2.27. The molecule has 0 aliphatic rings. The fourth-order valence-corrected chi connectivity index (χ4v) is 4.68. The molecule has 0 aliphatic carbocycles. The lowest BCUT2D eigenvalue weighted by atomic mass is 10.0. The van der Waals surface area contributed by atoms with E-state index in [9.17, 15) is 14.7 Å². The molecule has 0 aliphatic heterocycles. The molecule has 2 aromatic heterocycles. The Morgan fingerprint density at radius 2 is 1.54 bits per heavy atom. The summed E-state index contributed by atoms with van der Waals surface area (Å²) in [5.74, 6) is -0.882. The number of imidazole rings is 1. The summed E-state index contributed by atoms with van der Waals surface area (Å²) < 4.78 is 7.36. The number of ether oxygens (including phenoxy) is 1. The van der Waals surface area contributed by atoms with Gasteiger partial charge in [0.2, 0.25) is 5.91 Å². The molecule has 5 rings (SSSR count). The fourth-order valence-electron chi connectivity index (χ4n) is 4.68. The molecule has 8 heteroatoms. The van der Waals surface area contributed by atoms with E-state index in [1.165, 1.54) is 0 Å². The Bertz CT molecular complexity index is 1530. The number of aromatic nitrogens is 3. The molecule has 0 saturated heterocycles. The predicted molar refractivity (Wildman–Crippen MR) is 157 cm³/mol. The smallest absolute Gasteiger partial charge is 0.329 e. The Morgan fingerprint density at radius 3 is 2.20 bits per heavy atom. The molecule has 0 fully saturated rings. The second-order valence-corrected chi connectivity index (χ2v) is 9.83. The average Bonchev–Trinajstić information content (AvgIpc) is 3.72. The fraction of sp³-hybridized carbons (Fsp3) is 0.182. The van der Waals surface area contributed by atoms with E-state index in [0.29, 0.717) is 6.42 Å². The molecule has 0 radical (unpaired) electrons. The number of benzene rings is 3. The number of amides is 1. The Hall–Kier alpha value is -4.95. The Morgan fingerprint density at radius 1 is 0.878 bits per heavy atom. The first-order valence-electron chi connectivity index (χ1n) is 13.5. The van der Waals surface area contributed by atoms with Crippen molar-refractivity contribution >= 4 is 11.9 Å². The summed E-state index contributed by atoms with van der Waals surface area (Å²) in [6, 6.07) is 28.3. The van der Waals surface area contributed by atoms with Crippen LogP contribution in [0.5, 0.6) is 0 Å². The summed E-state index contributed by atoms with van der Waals surface area (Å²) >= 11 is 0. The number of esters is 1. The Balaban J connectivity index is 1.32. The number of H-pyrrole nitrogens is 1. The zero-order valence-corrected chi connectivity index (χ0v) is 22.5. The Kier molecular flexibility index (Phi) is 9.03. The van der Waals surface area contributed by atoms with Crippen LogP contribution in [0, 0.1) is 0 Å². The number of aliphatic hydroxyl groups is 1. The monoisotopic (exact) mass is 548 g/mol. The molecule has 3 aromatic carbocycles. The summed E-state index contributed by atoms with van der Waals surface area (Å²) in [5, 5.41) is 12.7. The minimum Gasteiger partial charge on any atom is -0.459 e. The van der Waals surface area contributed by atoms with Crippen LogP contribution in [0.4, 0.5) is 0 Å². The molecule has 2 heterocycles. The van der Waals surface area contributed by atoms with Crippen molar-refractivity contribution in [3.8, 4) is 22.3 Å². The van der Waals surface area contributed by atoms with E-state index >= 15 is 0 Å². The van der Waals surface area contributed by atoms with Gasteiger partial charge in [-0.3, -0.25) is 4.79 Å². The molecule has 0 spiro atoms. The third-order valence-electron chi connectivity index (χ3n) is 6.88. The van der Waals surface area contributed by atoms with Gasteiger partial charge in [0.05, 0.1) is 25.4 Å². The lowest BCUT2D eigenvalue weighted by molar-refractivity contribution is -0.150. The highest BCUT2D eigenvalue weighted by atomic mass is 16.5. The third kappa shape index (κ3) is 7.38. The molecule has 208 valence electrons. The zero-order chi connectivity index (χ0) is 28.4. The number of carbonyl (C=O) groups is 2. The van der Waals surface area contributed by atoms with Gasteiger partial charge in [-0.2, -0.15) is 0 Å². The number of carbonyl (C=O) groups excluding carboxylic acids is 2. The average molecular weight is 549 g/mol. The summed E-state index contributed by atoms with van der Waals surface area (Å²) in [5.41, 5.74) is 5.80. The van der Waals surface area contributed by atoms with Gasteiger partial charge in [-0.1, -0.05) is 84.9 Å². The van der Waals surface area contributed by atoms with Crippen LogP contribution in [-0.2, 0) is 27.4 Å². The van der Waals surface area contributed by atoms with E-state index in [4.69, 9.17) is 4.74 Å². The van der Waals surface area contributed by atoms with Gasteiger partial charge in [-0.15, -0.1) is 0 Å². The number of hydrogen-bond acceptors (Lipinski definition) is 5. The van der Waals surface area contributed by atoms with Crippen molar-refractivity contribution in [3.63, 3.8) is 0 Å². The van der Waals surface area contributed by atoms with Crippen LogP contribution in [0.25, 0.3) is 22.3 Å². The second-order valence-electron chi connectivity index (χ2n) is 9.83. The van der Waals surface area contributed by atoms with E-state index in [-0.39, 0.29) is 25.5 Å². The van der Waals surface area contributed by atoms with Gasteiger partial charge in [0.1, 0.15) is 12.6 Å². The first-order chi connectivity index (χ1) is 20.1. The first kappa shape index (κ1) is 27.6. The predicted octanol–water partition coefficient (Wildman–Crippen LogP) is 4.94. The van der Waals surface area contributed by atoms with Crippen molar-refractivity contribution < 1.29 is 19.4 Å². The second kappa shape index (κ2) is 13.4. The van der Waals surface area contributed by atoms with Crippen molar-refractivity contribution in [2.24, 2.45) is 0 Å². The van der Waals surface area contributed by atoms with Crippen molar-refractivity contribution in [3.05, 3.63) is 127 Å². The largest absolute Gasteiger partial charge is 0.459 e. The van der Waals surface area contributed by atoms with E-state index in [0.717, 1.165) is 33.5 Å². The van der Waals surface area contributed by atoms with Crippen molar-refractivity contribution in [1.29, 1.82) is 0 Å². The van der Waals surface area contributed by atoms with Crippen molar-refractivity contribution in [2.75, 3.05) is 6.61 Å². The number of aliphatic hydroxyl groups excluding tert-OH is 1. The van der Waals surface area contributed by atoms with Gasteiger partial charge in [-0.05, 0) is 33.9 Å². The normalized spacial score (nSPS) is 12.4. The van der Waals surface area contributed by atoms with Crippen LogP contribution in [0.3, 0.4) is 0 Å². The minimum absolute atomic E-state index is 0.103. The number of nitrogens with one attached hydrogen (secondary N) is 2. The van der Waals surface area contributed by atoms with Crippen molar-refractivity contribution in [1.82, 2.24) is 19.9 Å². The molecule has 0 bridgehead atoms. The number of hydrogen-bond donors (Lipinski definition) is 3. The molecule has 5 aromatic rings. The minimum atomic E-state index is -0.887. The molecule has 1 amide bonds. The summed E-state index contributed by atoms with van der Waals surface area (Å²) in [4.78, 5) is 33.4. The third-order valence-corrected chi connectivity index (χ3v) is 6.88. The molecule has 8 nitrogen and oxygen atoms in total. The summed E-state index contributed by atoms with van der Waals surface area (Å²) in [6.45, 7) is -0.146.